The summed E-state index contributed by atoms with van der Waals surface area (Å²) in [7, 11) is 0. The minimum absolute atomic E-state index is 0.310. The summed E-state index contributed by atoms with van der Waals surface area (Å²) in [5, 5.41) is 3.67. The Morgan fingerprint density at radius 2 is 1.86 bits per heavy atom. The molecule has 0 aromatic carbocycles. The van der Waals surface area contributed by atoms with Gasteiger partial charge in [0.05, 0.1) is 19.3 Å². The van der Waals surface area contributed by atoms with Gasteiger partial charge < -0.3 is 19.7 Å². The van der Waals surface area contributed by atoms with Gasteiger partial charge in [-0.3, -0.25) is 0 Å². The minimum atomic E-state index is -0.430. The number of ether oxygens (including phenoxy) is 2. The summed E-state index contributed by atoms with van der Waals surface area (Å²) in [6, 6.07) is 6.94. The predicted molar refractivity (Wildman–Crippen MR) is 82.4 cm³/mol. The zero-order valence-electron chi connectivity index (χ0n) is 12.9. The first-order valence-electron chi connectivity index (χ1n) is 7.82. The summed E-state index contributed by atoms with van der Waals surface area (Å²) in [6.45, 7) is 7.49. The Bertz CT molecular complexity index is 434. The first kappa shape index (κ1) is 14.8. The van der Waals surface area contributed by atoms with E-state index in [1.54, 1.807) is 0 Å². The second kappa shape index (κ2) is 6.30. The maximum atomic E-state index is 5.70. The smallest absolute Gasteiger partial charge is 0.162 e. The zero-order valence-corrected chi connectivity index (χ0v) is 12.9. The normalized spacial score (nSPS) is 24.2. The average molecular weight is 291 g/mol. The van der Waals surface area contributed by atoms with Gasteiger partial charge in [-0.15, -0.1) is 0 Å². The molecule has 0 aliphatic carbocycles. The molecule has 0 radical (unpaired) electrons. The number of nitrogens with zero attached hydrogens (tertiary/aromatic N) is 2. The summed E-state index contributed by atoms with van der Waals surface area (Å²) < 4.78 is 11.4. The zero-order chi connectivity index (χ0) is 14.7. The highest BCUT2D eigenvalue weighted by atomic mass is 16.7. The molecule has 5 heteroatoms. The number of piperidine rings is 1. The Balaban J connectivity index is 1.44. The van der Waals surface area contributed by atoms with E-state index in [4.69, 9.17) is 9.47 Å². The molecule has 2 fully saturated rings. The SMILES string of the molecule is CC1(C)OCC(NC2CCN(c3ccccn3)CC2)CO1. The van der Waals surface area contributed by atoms with Crippen LogP contribution in [0.15, 0.2) is 24.4 Å². The molecule has 1 aromatic heterocycles. The van der Waals surface area contributed by atoms with E-state index in [2.05, 4.69) is 21.3 Å². The second-order valence-electron chi connectivity index (χ2n) is 6.33. The topological polar surface area (TPSA) is 46.6 Å². The van der Waals surface area contributed by atoms with Crippen molar-refractivity contribution in [3.8, 4) is 0 Å². The molecule has 116 valence electrons. The van der Waals surface area contributed by atoms with Gasteiger partial charge in [0.25, 0.3) is 0 Å². The van der Waals surface area contributed by atoms with Crippen molar-refractivity contribution in [3.05, 3.63) is 24.4 Å². The Labute approximate surface area is 126 Å². The van der Waals surface area contributed by atoms with Crippen molar-refractivity contribution < 1.29 is 9.47 Å². The third-order valence-corrected chi connectivity index (χ3v) is 4.20. The monoisotopic (exact) mass is 291 g/mol. The summed E-state index contributed by atoms with van der Waals surface area (Å²) in [6.07, 6.45) is 4.13. The van der Waals surface area contributed by atoms with Crippen LogP contribution in [0, 0.1) is 0 Å². The molecule has 2 aliphatic rings. The highest BCUT2D eigenvalue weighted by molar-refractivity contribution is 5.38. The Morgan fingerprint density at radius 1 is 1.14 bits per heavy atom. The van der Waals surface area contributed by atoms with Crippen LogP contribution in [0.1, 0.15) is 26.7 Å². The van der Waals surface area contributed by atoms with Gasteiger partial charge >= 0.3 is 0 Å². The van der Waals surface area contributed by atoms with E-state index in [0.717, 1.165) is 45.0 Å². The van der Waals surface area contributed by atoms with Crippen molar-refractivity contribution in [1.82, 2.24) is 10.3 Å². The fraction of sp³-hybridized carbons (Fsp3) is 0.688. The van der Waals surface area contributed by atoms with Gasteiger partial charge in [0.2, 0.25) is 0 Å². The summed E-state index contributed by atoms with van der Waals surface area (Å²) >= 11 is 0. The van der Waals surface area contributed by atoms with Crippen molar-refractivity contribution in [2.75, 3.05) is 31.2 Å². The van der Waals surface area contributed by atoms with Gasteiger partial charge in [0.1, 0.15) is 5.82 Å². The second-order valence-corrected chi connectivity index (χ2v) is 6.33. The van der Waals surface area contributed by atoms with Crippen LogP contribution in [0.4, 0.5) is 5.82 Å². The standard InChI is InChI=1S/C16H25N3O2/c1-16(2)20-11-14(12-21-16)18-13-6-9-19(10-7-13)15-5-3-4-8-17-15/h3-5,8,13-14,18H,6-7,9-12H2,1-2H3. The van der Waals surface area contributed by atoms with Crippen LogP contribution in [-0.4, -0.2) is 49.2 Å². The number of nitrogens with one attached hydrogen (secondary N) is 1. The van der Waals surface area contributed by atoms with Gasteiger partial charge in [-0.1, -0.05) is 6.07 Å². The maximum Gasteiger partial charge on any atom is 0.162 e. The molecule has 21 heavy (non-hydrogen) atoms. The van der Waals surface area contributed by atoms with Gasteiger partial charge in [-0.05, 0) is 38.8 Å². The van der Waals surface area contributed by atoms with Crippen LogP contribution in [-0.2, 0) is 9.47 Å². The lowest BCUT2D eigenvalue weighted by atomic mass is 10.0. The number of rotatable bonds is 3. The third-order valence-electron chi connectivity index (χ3n) is 4.20. The lowest BCUT2D eigenvalue weighted by molar-refractivity contribution is -0.253. The van der Waals surface area contributed by atoms with E-state index >= 15 is 0 Å². The van der Waals surface area contributed by atoms with E-state index in [1.807, 2.05) is 32.2 Å². The average Bonchev–Trinajstić information content (AvgIpc) is 2.51. The van der Waals surface area contributed by atoms with E-state index in [0.29, 0.717) is 12.1 Å². The number of pyridine rings is 1. The van der Waals surface area contributed by atoms with Crippen LogP contribution in [0.2, 0.25) is 0 Å². The largest absolute Gasteiger partial charge is 0.357 e. The highest BCUT2D eigenvalue weighted by Crippen LogP contribution is 2.20. The molecule has 0 unspecified atom stereocenters. The van der Waals surface area contributed by atoms with Gasteiger partial charge in [-0.2, -0.15) is 0 Å². The van der Waals surface area contributed by atoms with Crippen molar-refractivity contribution in [1.29, 1.82) is 0 Å². The van der Waals surface area contributed by atoms with Crippen LogP contribution in [0.25, 0.3) is 0 Å². The van der Waals surface area contributed by atoms with Crippen LogP contribution < -0.4 is 10.2 Å². The molecule has 2 saturated heterocycles. The molecule has 3 rings (SSSR count). The molecule has 1 aromatic rings. The van der Waals surface area contributed by atoms with Crippen molar-refractivity contribution in [2.45, 2.75) is 44.6 Å². The fourth-order valence-electron chi connectivity index (χ4n) is 2.94. The van der Waals surface area contributed by atoms with Crippen molar-refractivity contribution in [2.24, 2.45) is 0 Å². The quantitative estimate of drug-likeness (QED) is 0.920. The van der Waals surface area contributed by atoms with E-state index in [9.17, 15) is 0 Å². The lowest BCUT2D eigenvalue weighted by Crippen LogP contribution is -2.53. The van der Waals surface area contributed by atoms with Gasteiger partial charge in [0, 0.05) is 25.3 Å². The Hall–Kier alpha value is -1.17. The van der Waals surface area contributed by atoms with E-state index in [1.165, 1.54) is 0 Å². The van der Waals surface area contributed by atoms with Crippen LogP contribution in [0.5, 0.6) is 0 Å². The molecule has 3 heterocycles. The van der Waals surface area contributed by atoms with E-state index in [-0.39, 0.29) is 0 Å². The number of anilines is 1. The Kier molecular flexibility index (Phi) is 4.42. The minimum Gasteiger partial charge on any atom is -0.357 e. The molecule has 0 amide bonds. The molecule has 2 aliphatic heterocycles. The molecule has 0 bridgehead atoms. The molecule has 0 spiro atoms. The highest BCUT2D eigenvalue weighted by Gasteiger charge is 2.30. The molecule has 0 atom stereocenters. The van der Waals surface area contributed by atoms with Crippen molar-refractivity contribution >= 4 is 5.82 Å². The molecular formula is C16H25N3O2. The summed E-state index contributed by atoms with van der Waals surface area (Å²) in [4.78, 5) is 6.78. The summed E-state index contributed by atoms with van der Waals surface area (Å²) in [5.41, 5.74) is 0. The maximum absolute atomic E-state index is 5.70. The van der Waals surface area contributed by atoms with Gasteiger partial charge in [0.15, 0.2) is 5.79 Å². The first-order chi connectivity index (χ1) is 10.1. The number of hydrogen-bond acceptors (Lipinski definition) is 5. The molecule has 1 N–H and O–H groups in total. The third kappa shape index (κ3) is 3.93. The number of aromatic nitrogens is 1. The predicted octanol–water partition coefficient (Wildman–Crippen LogP) is 1.79. The molecule has 0 saturated carbocycles. The number of hydrogen-bond donors (Lipinski definition) is 1. The van der Waals surface area contributed by atoms with Gasteiger partial charge in [-0.25, -0.2) is 4.98 Å². The van der Waals surface area contributed by atoms with E-state index < -0.39 is 5.79 Å². The molecular weight excluding hydrogens is 266 g/mol. The van der Waals surface area contributed by atoms with Crippen molar-refractivity contribution in [3.63, 3.8) is 0 Å². The first-order valence-corrected chi connectivity index (χ1v) is 7.82. The Morgan fingerprint density at radius 3 is 2.48 bits per heavy atom. The van der Waals surface area contributed by atoms with Crippen LogP contribution in [0.3, 0.4) is 0 Å². The van der Waals surface area contributed by atoms with Crippen LogP contribution >= 0.6 is 0 Å². The summed E-state index contributed by atoms with van der Waals surface area (Å²) in [5.74, 6) is 0.655. The lowest BCUT2D eigenvalue weighted by Gasteiger charge is -2.39. The fourth-order valence-corrected chi connectivity index (χ4v) is 2.94. The molecule has 5 nitrogen and oxygen atoms in total.